The molecule has 23 heavy (non-hydrogen) atoms. The van der Waals surface area contributed by atoms with Gasteiger partial charge in [0.15, 0.2) is 0 Å². The summed E-state index contributed by atoms with van der Waals surface area (Å²) in [6.45, 7) is 3.76. The largest absolute Gasteiger partial charge is 0.480 e. The molecule has 0 fully saturated rings. The van der Waals surface area contributed by atoms with E-state index in [1.165, 1.54) is 17.8 Å². The maximum Gasteiger partial charge on any atom is 0.323 e. The van der Waals surface area contributed by atoms with Gasteiger partial charge in [0.1, 0.15) is 12.4 Å². The first-order valence-electron chi connectivity index (χ1n) is 7.21. The molecule has 0 saturated carbocycles. The predicted molar refractivity (Wildman–Crippen MR) is 89.6 cm³/mol. The van der Waals surface area contributed by atoms with Crippen LogP contribution < -0.4 is 0 Å². The minimum Gasteiger partial charge on any atom is -0.480 e. The molecule has 0 spiro atoms. The van der Waals surface area contributed by atoms with Crippen molar-refractivity contribution in [3.63, 3.8) is 0 Å². The zero-order valence-corrected chi connectivity index (χ0v) is 13.7. The first-order chi connectivity index (χ1) is 11.0. The van der Waals surface area contributed by atoms with Crippen molar-refractivity contribution >= 4 is 28.6 Å². The van der Waals surface area contributed by atoms with Gasteiger partial charge in [-0.05, 0) is 38.1 Å². The smallest absolute Gasteiger partial charge is 0.323 e. The highest BCUT2D eigenvalue weighted by atomic mass is 32.2. The molecule has 1 N–H and O–H groups in total. The molecule has 0 radical (unpaired) electrons. The fourth-order valence-electron chi connectivity index (χ4n) is 2.67. The molecule has 3 aromatic rings. The van der Waals surface area contributed by atoms with Crippen LogP contribution in [0.1, 0.15) is 11.3 Å². The molecule has 0 bridgehead atoms. The number of hydrogen-bond acceptors (Lipinski definition) is 2. The topological polar surface area (TPSA) is 42.2 Å². The number of hydrogen-bond donors (Lipinski definition) is 1. The van der Waals surface area contributed by atoms with Crippen LogP contribution in [0, 0.1) is 19.7 Å². The molecule has 118 valence electrons. The predicted octanol–water partition coefficient (Wildman–Crippen LogP) is 4.63. The lowest BCUT2D eigenvalue weighted by Gasteiger charge is -2.06. The van der Waals surface area contributed by atoms with Crippen LogP contribution in [0.5, 0.6) is 0 Å². The molecule has 0 amide bonds. The van der Waals surface area contributed by atoms with E-state index >= 15 is 0 Å². The van der Waals surface area contributed by atoms with Crippen molar-refractivity contribution in [2.75, 3.05) is 0 Å². The van der Waals surface area contributed by atoms with Gasteiger partial charge >= 0.3 is 5.97 Å². The normalized spacial score (nSPS) is 11.1. The number of nitrogens with zero attached hydrogens (tertiary/aromatic N) is 1. The van der Waals surface area contributed by atoms with Crippen LogP contribution in [0.2, 0.25) is 0 Å². The molecule has 1 heterocycles. The third-order valence-electron chi connectivity index (χ3n) is 3.76. The molecule has 0 aliphatic heterocycles. The van der Waals surface area contributed by atoms with Crippen LogP contribution >= 0.6 is 11.8 Å². The molecule has 0 atom stereocenters. The van der Waals surface area contributed by atoms with Gasteiger partial charge in [0, 0.05) is 26.4 Å². The van der Waals surface area contributed by atoms with Crippen molar-refractivity contribution in [3.8, 4) is 0 Å². The first-order valence-corrected chi connectivity index (χ1v) is 8.02. The molecule has 0 aliphatic rings. The van der Waals surface area contributed by atoms with Crippen LogP contribution in [0.3, 0.4) is 0 Å². The van der Waals surface area contributed by atoms with Crippen LogP contribution in [0.4, 0.5) is 4.39 Å². The van der Waals surface area contributed by atoms with Gasteiger partial charge in [-0.25, -0.2) is 4.39 Å². The van der Waals surface area contributed by atoms with Crippen molar-refractivity contribution in [1.29, 1.82) is 0 Å². The lowest BCUT2D eigenvalue weighted by atomic mass is 10.2. The van der Waals surface area contributed by atoms with E-state index in [9.17, 15) is 9.18 Å². The second-order valence-corrected chi connectivity index (χ2v) is 6.50. The summed E-state index contributed by atoms with van der Waals surface area (Å²) in [6, 6.07) is 12.5. The maximum absolute atomic E-state index is 14.0. The Labute approximate surface area is 137 Å². The van der Waals surface area contributed by atoms with Gasteiger partial charge in [0.2, 0.25) is 0 Å². The molecule has 3 rings (SSSR count). The molecule has 1 aromatic heterocycles. The summed E-state index contributed by atoms with van der Waals surface area (Å²) in [4.78, 5) is 12.6. The van der Waals surface area contributed by atoms with Crippen LogP contribution in [-0.2, 0) is 11.3 Å². The fraction of sp³-hybridized carbons (Fsp3) is 0.167. The van der Waals surface area contributed by atoms with Gasteiger partial charge < -0.3 is 9.67 Å². The Hall–Kier alpha value is -2.27. The lowest BCUT2D eigenvalue weighted by Crippen LogP contribution is -2.09. The number of aryl methyl sites for hydroxylation is 1. The third-order valence-corrected chi connectivity index (χ3v) is 5.03. The minimum absolute atomic E-state index is 0.108. The van der Waals surface area contributed by atoms with E-state index in [1.54, 1.807) is 22.8 Å². The van der Waals surface area contributed by atoms with E-state index in [4.69, 9.17) is 5.11 Å². The summed E-state index contributed by atoms with van der Waals surface area (Å²) in [7, 11) is 0. The van der Waals surface area contributed by atoms with Crippen molar-refractivity contribution in [1.82, 2.24) is 4.57 Å². The summed E-state index contributed by atoms with van der Waals surface area (Å²) in [5.74, 6) is -1.17. The summed E-state index contributed by atoms with van der Waals surface area (Å²) in [5.41, 5.74) is 2.77. The molecule has 0 saturated heterocycles. The van der Waals surface area contributed by atoms with Gasteiger partial charge in [-0.15, -0.1) is 0 Å². The number of rotatable bonds is 4. The van der Waals surface area contributed by atoms with E-state index in [2.05, 4.69) is 0 Å². The van der Waals surface area contributed by atoms with Gasteiger partial charge in [-0.2, -0.15) is 0 Å². The standard InChI is InChI=1S/C18H16FNO2S/c1-11-7-8-15-13(9-11)18(12(2)20(15)10-17(21)22)23-16-6-4-3-5-14(16)19/h3-9H,10H2,1-2H3,(H,21,22). The average molecular weight is 329 g/mol. The number of halogens is 1. The molecule has 3 nitrogen and oxygen atoms in total. The summed E-state index contributed by atoms with van der Waals surface area (Å²) < 4.78 is 15.7. The van der Waals surface area contributed by atoms with Crippen molar-refractivity contribution in [2.45, 2.75) is 30.2 Å². The number of carbonyl (C=O) groups is 1. The third kappa shape index (κ3) is 2.97. The zero-order chi connectivity index (χ0) is 16.6. The Balaban J connectivity index is 2.19. The highest BCUT2D eigenvalue weighted by molar-refractivity contribution is 7.99. The van der Waals surface area contributed by atoms with Crippen molar-refractivity contribution in [2.24, 2.45) is 0 Å². The second-order valence-electron chi connectivity index (χ2n) is 5.45. The number of aromatic nitrogens is 1. The van der Waals surface area contributed by atoms with Gasteiger partial charge in [-0.3, -0.25) is 4.79 Å². The monoisotopic (exact) mass is 329 g/mol. The Bertz CT molecular complexity index is 901. The molecule has 2 aromatic carbocycles. The van der Waals surface area contributed by atoms with Crippen LogP contribution in [0.15, 0.2) is 52.3 Å². The SMILES string of the molecule is Cc1ccc2c(c1)c(Sc1ccccc1F)c(C)n2CC(=O)O. The van der Waals surface area contributed by atoms with Gasteiger partial charge in [0.05, 0.1) is 0 Å². The number of benzene rings is 2. The zero-order valence-electron chi connectivity index (χ0n) is 12.8. The molecule has 0 unspecified atom stereocenters. The minimum atomic E-state index is -0.895. The van der Waals surface area contributed by atoms with E-state index in [0.717, 1.165) is 27.1 Å². The number of fused-ring (bicyclic) bond motifs is 1. The first kappa shape index (κ1) is 15.6. The molecule has 0 aliphatic carbocycles. The molecular formula is C18H16FNO2S. The number of aliphatic carboxylic acids is 1. The molecule has 5 heteroatoms. The highest BCUT2D eigenvalue weighted by Crippen LogP contribution is 2.39. The lowest BCUT2D eigenvalue weighted by molar-refractivity contribution is -0.137. The Morgan fingerprint density at radius 2 is 1.96 bits per heavy atom. The Morgan fingerprint density at radius 3 is 2.65 bits per heavy atom. The van der Waals surface area contributed by atoms with Crippen molar-refractivity contribution in [3.05, 3.63) is 59.5 Å². The number of carboxylic acids is 1. The number of carboxylic acid groups (broad SMARTS) is 1. The van der Waals surface area contributed by atoms with E-state index in [0.29, 0.717) is 4.90 Å². The summed E-state index contributed by atoms with van der Waals surface area (Å²) >= 11 is 1.34. The van der Waals surface area contributed by atoms with Crippen molar-refractivity contribution < 1.29 is 14.3 Å². The molecular weight excluding hydrogens is 313 g/mol. The highest BCUT2D eigenvalue weighted by Gasteiger charge is 2.18. The van der Waals surface area contributed by atoms with Gasteiger partial charge in [0.25, 0.3) is 0 Å². The Morgan fingerprint density at radius 1 is 1.22 bits per heavy atom. The van der Waals surface area contributed by atoms with E-state index in [-0.39, 0.29) is 12.4 Å². The summed E-state index contributed by atoms with van der Waals surface area (Å²) in [5, 5.41) is 10.1. The van der Waals surface area contributed by atoms with Crippen LogP contribution in [0.25, 0.3) is 10.9 Å². The summed E-state index contributed by atoms with van der Waals surface area (Å²) in [6.07, 6.45) is 0. The quantitative estimate of drug-likeness (QED) is 0.758. The maximum atomic E-state index is 14.0. The second kappa shape index (κ2) is 6.08. The van der Waals surface area contributed by atoms with E-state index in [1.807, 2.05) is 32.0 Å². The average Bonchev–Trinajstić information content (AvgIpc) is 2.74. The van der Waals surface area contributed by atoms with Gasteiger partial charge in [-0.1, -0.05) is 35.5 Å². The van der Waals surface area contributed by atoms with E-state index < -0.39 is 5.97 Å². The fourth-order valence-corrected chi connectivity index (χ4v) is 3.73. The van der Waals surface area contributed by atoms with Crippen LogP contribution in [-0.4, -0.2) is 15.6 Å². The Kier molecular flexibility index (Phi) is 4.13.